The minimum atomic E-state index is 0.00293. The van der Waals surface area contributed by atoms with E-state index >= 15 is 0 Å². The molecule has 0 spiro atoms. The van der Waals surface area contributed by atoms with Crippen LogP contribution in [0.4, 0.5) is 5.69 Å². The number of hydrogen-bond acceptors (Lipinski definition) is 4. The Labute approximate surface area is 130 Å². The second-order valence-corrected chi connectivity index (χ2v) is 6.83. The molecule has 2 atom stereocenters. The van der Waals surface area contributed by atoms with Crippen molar-refractivity contribution in [1.82, 2.24) is 4.90 Å². The Kier molecular flexibility index (Phi) is 5.66. The maximum Gasteiger partial charge on any atom is 0.225 e. The van der Waals surface area contributed by atoms with E-state index in [0.717, 1.165) is 18.8 Å². The number of thioether (sulfide) groups is 1. The molecule has 21 heavy (non-hydrogen) atoms. The highest BCUT2D eigenvalue weighted by molar-refractivity contribution is 8.00. The SMILES string of the molecule is CC1SCCN(CCC(=O)Nc2cccc(C#N)c2)C1C. The van der Waals surface area contributed by atoms with Crippen LogP contribution in [0, 0.1) is 11.3 Å². The molecule has 0 saturated carbocycles. The Morgan fingerprint density at radius 1 is 1.52 bits per heavy atom. The highest BCUT2D eigenvalue weighted by Gasteiger charge is 2.25. The molecule has 1 saturated heterocycles. The van der Waals surface area contributed by atoms with Gasteiger partial charge in [0.15, 0.2) is 0 Å². The van der Waals surface area contributed by atoms with E-state index in [1.165, 1.54) is 0 Å². The van der Waals surface area contributed by atoms with Crippen molar-refractivity contribution >= 4 is 23.4 Å². The maximum absolute atomic E-state index is 12.0. The lowest BCUT2D eigenvalue weighted by Gasteiger charge is -2.37. The van der Waals surface area contributed by atoms with E-state index in [4.69, 9.17) is 5.26 Å². The molecule has 1 fully saturated rings. The van der Waals surface area contributed by atoms with Gasteiger partial charge in [0.2, 0.25) is 5.91 Å². The molecule has 1 aromatic rings. The van der Waals surface area contributed by atoms with Crippen molar-refractivity contribution in [2.24, 2.45) is 0 Å². The molecular formula is C16H21N3OS. The summed E-state index contributed by atoms with van der Waals surface area (Å²) in [6.45, 7) is 6.31. The molecule has 1 heterocycles. The third kappa shape index (κ3) is 4.48. The molecule has 1 aliphatic rings. The summed E-state index contributed by atoms with van der Waals surface area (Å²) in [6.07, 6.45) is 0.485. The van der Waals surface area contributed by atoms with E-state index in [0.29, 0.717) is 29.0 Å². The van der Waals surface area contributed by atoms with E-state index < -0.39 is 0 Å². The number of anilines is 1. The lowest BCUT2D eigenvalue weighted by molar-refractivity contribution is -0.116. The number of nitriles is 1. The lowest BCUT2D eigenvalue weighted by atomic mass is 10.2. The highest BCUT2D eigenvalue weighted by atomic mass is 32.2. The number of amides is 1. The highest BCUT2D eigenvalue weighted by Crippen LogP contribution is 2.24. The van der Waals surface area contributed by atoms with Crippen LogP contribution in [0.3, 0.4) is 0 Å². The molecule has 112 valence electrons. The van der Waals surface area contributed by atoms with Crippen LogP contribution in [0.1, 0.15) is 25.8 Å². The molecule has 0 aromatic heterocycles. The Morgan fingerprint density at radius 2 is 2.33 bits per heavy atom. The topological polar surface area (TPSA) is 56.1 Å². The van der Waals surface area contributed by atoms with Crippen molar-refractivity contribution in [2.45, 2.75) is 31.6 Å². The van der Waals surface area contributed by atoms with Crippen molar-refractivity contribution in [1.29, 1.82) is 5.26 Å². The van der Waals surface area contributed by atoms with Crippen molar-refractivity contribution in [3.63, 3.8) is 0 Å². The van der Waals surface area contributed by atoms with Gasteiger partial charge in [0.05, 0.1) is 11.6 Å². The summed E-state index contributed by atoms with van der Waals surface area (Å²) >= 11 is 2.00. The quantitative estimate of drug-likeness (QED) is 0.929. The van der Waals surface area contributed by atoms with E-state index in [1.54, 1.807) is 24.3 Å². The number of benzene rings is 1. The zero-order valence-electron chi connectivity index (χ0n) is 12.5. The number of rotatable bonds is 4. The second kappa shape index (κ2) is 7.48. The second-order valence-electron chi connectivity index (χ2n) is 5.34. The van der Waals surface area contributed by atoms with Gasteiger partial charge in [-0.1, -0.05) is 13.0 Å². The monoisotopic (exact) mass is 303 g/mol. The summed E-state index contributed by atoms with van der Waals surface area (Å²) in [5.41, 5.74) is 1.25. The van der Waals surface area contributed by atoms with Crippen LogP contribution in [0.25, 0.3) is 0 Å². The average Bonchev–Trinajstić information content (AvgIpc) is 2.49. The van der Waals surface area contributed by atoms with E-state index in [2.05, 4.69) is 30.1 Å². The molecule has 1 amide bonds. The van der Waals surface area contributed by atoms with Crippen molar-refractivity contribution in [2.75, 3.05) is 24.2 Å². The van der Waals surface area contributed by atoms with Gasteiger partial charge in [-0.05, 0) is 25.1 Å². The number of hydrogen-bond donors (Lipinski definition) is 1. The van der Waals surface area contributed by atoms with Crippen LogP contribution >= 0.6 is 11.8 Å². The van der Waals surface area contributed by atoms with Gasteiger partial charge < -0.3 is 5.32 Å². The molecule has 2 rings (SSSR count). The lowest BCUT2D eigenvalue weighted by Crippen LogP contribution is -2.45. The van der Waals surface area contributed by atoms with Gasteiger partial charge in [-0.15, -0.1) is 0 Å². The minimum Gasteiger partial charge on any atom is -0.326 e. The first-order valence-electron chi connectivity index (χ1n) is 7.26. The standard InChI is InChI=1S/C16H21N3OS/c1-12-13(2)21-9-8-19(12)7-6-16(20)18-15-5-3-4-14(10-15)11-17/h3-5,10,12-13H,6-9H2,1-2H3,(H,18,20). The fraction of sp³-hybridized carbons (Fsp3) is 0.500. The molecule has 1 N–H and O–H groups in total. The summed E-state index contributed by atoms with van der Waals surface area (Å²) in [4.78, 5) is 14.4. The predicted molar refractivity (Wildman–Crippen MR) is 87.4 cm³/mol. The van der Waals surface area contributed by atoms with Crippen LogP contribution in [-0.4, -0.2) is 40.9 Å². The first-order chi connectivity index (χ1) is 10.1. The van der Waals surface area contributed by atoms with Crippen molar-refractivity contribution in [3.05, 3.63) is 29.8 Å². The summed E-state index contributed by atoms with van der Waals surface area (Å²) in [5, 5.41) is 12.3. The van der Waals surface area contributed by atoms with Gasteiger partial charge in [-0.3, -0.25) is 9.69 Å². The van der Waals surface area contributed by atoms with Crippen LogP contribution in [-0.2, 0) is 4.79 Å². The number of nitrogens with zero attached hydrogens (tertiary/aromatic N) is 2. The third-order valence-corrected chi connectivity index (χ3v) is 5.25. The fourth-order valence-electron chi connectivity index (χ4n) is 2.45. The summed E-state index contributed by atoms with van der Waals surface area (Å²) in [5.74, 6) is 1.14. The van der Waals surface area contributed by atoms with Gasteiger partial charge in [-0.2, -0.15) is 17.0 Å². The molecule has 0 bridgehead atoms. The molecule has 5 heteroatoms. The Bertz CT molecular complexity index is 541. The van der Waals surface area contributed by atoms with Crippen LogP contribution in [0.15, 0.2) is 24.3 Å². The smallest absolute Gasteiger partial charge is 0.225 e. The molecule has 4 nitrogen and oxygen atoms in total. The Hall–Kier alpha value is -1.51. The zero-order chi connectivity index (χ0) is 15.2. The Balaban J connectivity index is 1.83. The number of carbonyl (C=O) groups is 1. The fourth-order valence-corrected chi connectivity index (χ4v) is 3.61. The summed E-state index contributed by atoms with van der Waals surface area (Å²) < 4.78 is 0. The molecule has 1 aromatic carbocycles. The normalized spacial score (nSPS) is 22.5. The zero-order valence-corrected chi connectivity index (χ0v) is 13.3. The van der Waals surface area contributed by atoms with E-state index in [9.17, 15) is 4.79 Å². The van der Waals surface area contributed by atoms with E-state index in [1.807, 2.05) is 11.8 Å². The van der Waals surface area contributed by atoms with Crippen molar-refractivity contribution in [3.8, 4) is 6.07 Å². The summed E-state index contributed by atoms with van der Waals surface area (Å²) in [6, 6.07) is 9.59. The maximum atomic E-state index is 12.0. The minimum absolute atomic E-state index is 0.00293. The first-order valence-corrected chi connectivity index (χ1v) is 8.30. The summed E-state index contributed by atoms with van der Waals surface area (Å²) in [7, 11) is 0. The van der Waals surface area contributed by atoms with Crippen LogP contribution in [0.2, 0.25) is 0 Å². The molecule has 2 unspecified atom stereocenters. The average molecular weight is 303 g/mol. The Morgan fingerprint density at radius 3 is 3.10 bits per heavy atom. The molecular weight excluding hydrogens is 282 g/mol. The van der Waals surface area contributed by atoms with Gasteiger partial charge in [0.25, 0.3) is 0 Å². The molecule has 0 aliphatic carbocycles. The van der Waals surface area contributed by atoms with Gasteiger partial charge >= 0.3 is 0 Å². The number of carbonyl (C=O) groups excluding carboxylic acids is 1. The van der Waals surface area contributed by atoms with Gasteiger partial charge in [0, 0.05) is 42.2 Å². The van der Waals surface area contributed by atoms with Crippen LogP contribution in [0.5, 0.6) is 0 Å². The predicted octanol–water partition coefficient (Wildman–Crippen LogP) is 2.71. The van der Waals surface area contributed by atoms with Crippen LogP contribution < -0.4 is 5.32 Å². The first kappa shape index (κ1) is 15.9. The molecule has 1 aliphatic heterocycles. The number of nitrogens with one attached hydrogen (secondary N) is 1. The van der Waals surface area contributed by atoms with E-state index in [-0.39, 0.29) is 5.91 Å². The largest absolute Gasteiger partial charge is 0.326 e. The third-order valence-electron chi connectivity index (χ3n) is 3.92. The van der Waals surface area contributed by atoms with Gasteiger partial charge in [-0.25, -0.2) is 0 Å². The van der Waals surface area contributed by atoms with Crippen molar-refractivity contribution < 1.29 is 4.79 Å². The van der Waals surface area contributed by atoms with Gasteiger partial charge in [0.1, 0.15) is 0 Å². The molecule has 0 radical (unpaired) electrons.